The lowest BCUT2D eigenvalue weighted by atomic mass is 10.2. The molecule has 0 bridgehead atoms. The number of rotatable bonds is 17. The summed E-state index contributed by atoms with van der Waals surface area (Å²) in [5.41, 5.74) is 15.5. The van der Waals surface area contributed by atoms with Gasteiger partial charge in [-0.2, -0.15) is 29.8 Å². The van der Waals surface area contributed by atoms with E-state index < -0.39 is 18.4 Å². The Kier molecular flexibility index (Phi) is 12.9. The van der Waals surface area contributed by atoms with E-state index in [2.05, 4.69) is 54.5 Å². The van der Waals surface area contributed by atoms with E-state index in [0.29, 0.717) is 57.3 Å². The number of azo groups is 2. The number of aliphatic hydroxyl groups is 1. The summed E-state index contributed by atoms with van der Waals surface area (Å²) in [5.74, 6) is 0.158. The molecule has 22 heteroatoms. The number of esters is 1. The zero-order chi connectivity index (χ0) is 39.1. The Morgan fingerprint density at radius 3 is 1.67 bits per heavy atom. The zero-order valence-corrected chi connectivity index (χ0v) is 32.6. The third-order valence-corrected chi connectivity index (χ3v) is 9.54. The smallest absolute Gasteiger partial charge is 0.344 e. The first kappa shape index (κ1) is 39.7. The molecule has 0 radical (unpaired) electrons. The number of nitrogens with zero attached hydrogens (tertiary/aromatic N) is 14. The molecule has 0 fully saturated rings. The number of aliphatic hydroxyl groups excluding tert-OH is 1. The topological polar surface area (TPSA) is 262 Å². The summed E-state index contributed by atoms with van der Waals surface area (Å²) in [7, 11) is 4.58. The Labute approximate surface area is 318 Å². The summed E-state index contributed by atoms with van der Waals surface area (Å²) in [6.07, 6.45) is 9.38. The average molecular weight is 779 g/mol. The number of aromatic nitrogens is 10. The number of ether oxygens (including phenoxy) is 1. The van der Waals surface area contributed by atoms with Gasteiger partial charge in [-0.25, -0.2) is 24.1 Å². The van der Waals surface area contributed by atoms with Crippen LogP contribution in [0.2, 0.25) is 0 Å². The molecule has 0 atom stereocenters. The molecular formula is C32H42N16O4S2. The van der Waals surface area contributed by atoms with Gasteiger partial charge in [0, 0.05) is 20.2 Å². The first-order valence-electron chi connectivity index (χ1n) is 16.9. The highest BCUT2D eigenvalue weighted by molar-refractivity contribution is 7.98. The Balaban J connectivity index is 1.57. The molecule has 0 amide bonds. The van der Waals surface area contributed by atoms with Gasteiger partial charge in [0.1, 0.15) is 34.1 Å². The third-order valence-electron chi connectivity index (χ3n) is 8.19. The second-order valence-corrected chi connectivity index (χ2v) is 13.4. The Bertz CT molecular complexity index is 2070. The molecule has 5 aromatic rings. The van der Waals surface area contributed by atoms with Crippen molar-refractivity contribution in [3.05, 3.63) is 34.9 Å². The minimum absolute atomic E-state index is 0.144. The molecule has 286 valence electrons. The van der Waals surface area contributed by atoms with Gasteiger partial charge in [-0.15, -0.1) is 44.0 Å². The zero-order valence-electron chi connectivity index (χ0n) is 31.0. The monoisotopic (exact) mass is 778 g/mol. The predicted molar refractivity (Wildman–Crippen MR) is 203 cm³/mol. The lowest BCUT2D eigenvalue weighted by molar-refractivity contribution is 0.0597. The van der Waals surface area contributed by atoms with Crippen LogP contribution >= 0.6 is 23.5 Å². The first-order chi connectivity index (χ1) is 26.0. The van der Waals surface area contributed by atoms with Crippen LogP contribution in [0.5, 0.6) is 0 Å². The Hall–Kier alpha value is -5.48. The van der Waals surface area contributed by atoms with Crippen molar-refractivity contribution in [2.45, 2.75) is 62.4 Å². The van der Waals surface area contributed by atoms with Gasteiger partial charge in [0.15, 0.2) is 52.1 Å². The fourth-order valence-electron chi connectivity index (χ4n) is 5.40. The maximum atomic E-state index is 12.6. The summed E-state index contributed by atoms with van der Waals surface area (Å²) < 4.78 is 10.7. The van der Waals surface area contributed by atoms with E-state index in [4.69, 9.17) is 26.4 Å². The molecule has 5 rings (SSSR count). The highest BCUT2D eigenvalue weighted by Gasteiger charge is 2.26. The number of hydrogen-bond donors (Lipinski definition) is 3. The molecule has 5 heterocycles. The summed E-state index contributed by atoms with van der Waals surface area (Å²) in [6, 6.07) is 1.62. The van der Waals surface area contributed by atoms with Crippen molar-refractivity contribution in [3.8, 4) is 11.6 Å². The fraction of sp³-hybridized carbons (Fsp3) is 0.438. The summed E-state index contributed by atoms with van der Waals surface area (Å²) in [6.45, 7) is 3.41. The van der Waals surface area contributed by atoms with Gasteiger partial charge in [-0.1, -0.05) is 26.7 Å². The van der Waals surface area contributed by atoms with Crippen LogP contribution in [0, 0.1) is 0 Å². The van der Waals surface area contributed by atoms with E-state index in [1.165, 1.54) is 55.7 Å². The quantitative estimate of drug-likeness (QED) is 0.0462. The van der Waals surface area contributed by atoms with E-state index in [-0.39, 0.29) is 34.4 Å². The van der Waals surface area contributed by atoms with Gasteiger partial charge >= 0.3 is 5.97 Å². The van der Waals surface area contributed by atoms with Crippen LogP contribution in [0.15, 0.2) is 42.9 Å². The van der Waals surface area contributed by atoms with Crippen molar-refractivity contribution in [2.24, 2.45) is 34.6 Å². The molecule has 0 unspecified atom stereocenters. The number of nitrogen functional groups attached to an aromatic ring is 2. The number of thioether (sulfide) groups is 2. The molecule has 0 spiro atoms. The van der Waals surface area contributed by atoms with Gasteiger partial charge in [-0.05, 0) is 38.2 Å². The standard InChI is InChI=1S/C32H42N16O4S2/c1-8-10-12-17-24(37-39-28-22(19(50)15-49)30(53-6)43-45(28)3)26(33)47(41-17)20-14-21(36-16-35-20)48-27(34)25(18(42-48)13-11-9-2)38-40-29-23(32(51)52-5)31(54-7)44-46(29)4/h14,16,49H,8-13,15,33-34H2,1-7H3. The predicted octanol–water partition coefficient (Wildman–Crippen LogP) is 5.40. The van der Waals surface area contributed by atoms with E-state index in [1.54, 1.807) is 32.7 Å². The number of ketones is 1. The van der Waals surface area contributed by atoms with Gasteiger partial charge < -0.3 is 21.3 Å². The maximum absolute atomic E-state index is 12.6. The molecule has 0 saturated heterocycles. The number of Topliss-reactive ketones (excluding diaryl/α,β-unsaturated/α-hetero) is 1. The highest BCUT2D eigenvalue weighted by atomic mass is 32.2. The second kappa shape index (κ2) is 17.6. The molecule has 5 aromatic heterocycles. The van der Waals surface area contributed by atoms with Crippen molar-refractivity contribution < 1.29 is 19.4 Å². The van der Waals surface area contributed by atoms with Crippen molar-refractivity contribution in [1.29, 1.82) is 0 Å². The average Bonchev–Trinajstić information content (AvgIpc) is 3.89. The number of hydrogen-bond acceptors (Lipinski definition) is 18. The second-order valence-electron chi connectivity index (χ2n) is 11.8. The van der Waals surface area contributed by atoms with Crippen molar-refractivity contribution in [2.75, 3.05) is 37.7 Å². The Morgan fingerprint density at radius 2 is 1.24 bits per heavy atom. The SMILES string of the molecule is CCCCc1nn(-c2cc(-n3nc(CCCC)c(N=Nc4c(C(=O)OC)c(SC)nn4C)c3N)ncn2)c(N)c1N=Nc1c(C(=O)CO)c(SC)nn1C. The fourth-order valence-corrected chi connectivity index (χ4v) is 6.59. The van der Waals surface area contributed by atoms with E-state index in [0.717, 1.165) is 25.7 Å². The van der Waals surface area contributed by atoms with Crippen molar-refractivity contribution in [1.82, 2.24) is 49.1 Å². The number of nitrogens with two attached hydrogens (primary N) is 2. The van der Waals surface area contributed by atoms with Gasteiger partial charge in [0.05, 0.1) is 18.5 Å². The molecule has 0 aliphatic carbocycles. The highest BCUT2D eigenvalue weighted by Crippen LogP contribution is 2.37. The van der Waals surface area contributed by atoms with Crippen LogP contribution in [-0.4, -0.2) is 92.2 Å². The van der Waals surface area contributed by atoms with E-state index >= 15 is 0 Å². The van der Waals surface area contributed by atoms with Crippen LogP contribution in [0.1, 0.15) is 71.6 Å². The number of carbonyl (C=O) groups is 2. The van der Waals surface area contributed by atoms with Gasteiger partial charge in [0.25, 0.3) is 0 Å². The minimum atomic E-state index is -0.704. The minimum Gasteiger partial charge on any atom is -0.465 e. The van der Waals surface area contributed by atoms with Crippen LogP contribution in [-0.2, 0) is 31.7 Å². The molecule has 0 aliphatic heterocycles. The molecular weight excluding hydrogens is 737 g/mol. The third kappa shape index (κ3) is 7.89. The van der Waals surface area contributed by atoms with Crippen molar-refractivity contribution in [3.63, 3.8) is 0 Å². The summed E-state index contributed by atoms with van der Waals surface area (Å²) in [4.78, 5) is 34.1. The van der Waals surface area contributed by atoms with Crippen LogP contribution < -0.4 is 11.5 Å². The number of aryl methyl sites for hydroxylation is 4. The summed E-state index contributed by atoms with van der Waals surface area (Å²) in [5, 5.41) is 46.4. The van der Waals surface area contributed by atoms with Crippen molar-refractivity contribution >= 4 is 69.9 Å². The maximum Gasteiger partial charge on any atom is 0.344 e. The molecule has 0 aromatic carbocycles. The van der Waals surface area contributed by atoms with E-state index in [1.807, 2.05) is 0 Å². The largest absolute Gasteiger partial charge is 0.465 e. The lowest BCUT2D eigenvalue weighted by Gasteiger charge is -2.06. The molecule has 0 aliphatic rings. The molecule has 54 heavy (non-hydrogen) atoms. The number of carbonyl (C=O) groups excluding carboxylic acids is 2. The van der Waals surface area contributed by atoms with E-state index in [9.17, 15) is 14.7 Å². The van der Waals surface area contributed by atoms with Crippen LogP contribution in [0.4, 0.5) is 34.6 Å². The number of methoxy groups -OCH3 is 1. The van der Waals surface area contributed by atoms with Gasteiger partial charge in [0.2, 0.25) is 0 Å². The molecule has 0 saturated carbocycles. The first-order valence-corrected chi connectivity index (χ1v) is 19.3. The Morgan fingerprint density at radius 1 is 0.778 bits per heavy atom. The van der Waals surface area contributed by atoms with Crippen LogP contribution in [0.3, 0.4) is 0 Å². The summed E-state index contributed by atoms with van der Waals surface area (Å²) >= 11 is 2.54. The lowest BCUT2D eigenvalue weighted by Crippen LogP contribution is -2.09. The van der Waals surface area contributed by atoms with Crippen LogP contribution in [0.25, 0.3) is 11.6 Å². The number of unbranched alkanes of at least 4 members (excludes halogenated alkanes) is 2. The van der Waals surface area contributed by atoms with Gasteiger partial charge in [-0.3, -0.25) is 4.79 Å². The molecule has 20 nitrogen and oxygen atoms in total. The normalized spacial score (nSPS) is 11.8. The number of anilines is 2. The molecule has 5 N–H and O–H groups in total.